The number of hydrogen-bond donors (Lipinski definition) is 3. The summed E-state index contributed by atoms with van der Waals surface area (Å²) < 4.78 is -0.494. The highest BCUT2D eigenvalue weighted by atomic mass is 127. The highest BCUT2D eigenvalue weighted by molar-refractivity contribution is 14.1. The Balaban J connectivity index is 3.28. The lowest BCUT2D eigenvalue weighted by atomic mass is 10.1. The molecule has 14 heavy (non-hydrogen) atoms. The fourth-order valence-corrected chi connectivity index (χ4v) is 1.74. The van der Waals surface area contributed by atoms with Crippen molar-refractivity contribution in [3.05, 3.63) is 0 Å². The maximum atomic E-state index is 8.83. The monoisotopic (exact) mass is 316 g/mol. The zero-order valence-corrected chi connectivity index (χ0v) is 10.9. The van der Waals surface area contributed by atoms with Crippen molar-refractivity contribution in [2.75, 3.05) is 0 Å². The zero-order valence-electron chi connectivity index (χ0n) is 8.75. The van der Waals surface area contributed by atoms with Crippen LogP contribution in [0.2, 0.25) is 0 Å². The Bertz CT molecular complexity index is 134. The van der Waals surface area contributed by atoms with Crippen molar-refractivity contribution in [2.24, 2.45) is 0 Å². The van der Waals surface area contributed by atoms with Gasteiger partial charge in [0.05, 0.1) is 3.92 Å². The summed E-state index contributed by atoms with van der Waals surface area (Å²) in [6.07, 6.45) is 7.67. The van der Waals surface area contributed by atoms with Crippen molar-refractivity contribution in [1.29, 1.82) is 0 Å². The van der Waals surface area contributed by atoms with Crippen molar-refractivity contribution in [1.82, 2.24) is 0 Å². The van der Waals surface area contributed by atoms with E-state index in [1.54, 1.807) is 0 Å². The minimum atomic E-state index is -2.51. The van der Waals surface area contributed by atoms with Gasteiger partial charge < -0.3 is 15.3 Å². The van der Waals surface area contributed by atoms with Gasteiger partial charge in [-0.25, -0.2) is 0 Å². The lowest BCUT2D eigenvalue weighted by Gasteiger charge is -2.20. The van der Waals surface area contributed by atoms with E-state index in [-0.39, 0.29) is 0 Å². The largest absolute Gasteiger partial charge is 0.343 e. The summed E-state index contributed by atoms with van der Waals surface area (Å²) in [4.78, 5) is 0. The Kier molecular flexibility index (Phi) is 8.19. The van der Waals surface area contributed by atoms with Gasteiger partial charge in [0.1, 0.15) is 0 Å². The molecule has 0 fully saturated rings. The molecule has 86 valence electrons. The standard InChI is InChI=1S/C10H21IO3/c1-2-3-4-5-6-7-8-9(11)10(12,13)14/h9,12-14H,2-8H2,1H3. The van der Waals surface area contributed by atoms with Gasteiger partial charge in [-0.05, 0) is 6.42 Å². The van der Waals surface area contributed by atoms with Crippen LogP contribution < -0.4 is 0 Å². The van der Waals surface area contributed by atoms with Crippen LogP contribution in [0.1, 0.15) is 51.9 Å². The molecule has 1 unspecified atom stereocenters. The van der Waals surface area contributed by atoms with Gasteiger partial charge in [0.25, 0.3) is 5.97 Å². The molecule has 0 heterocycles. The van der Waals surface area contributed by atoms with E-state index in [0.717, 1.165) is 12.8 Å². The first-order valence-corrected chi connectivity index (χ1v) is 6.54. The van der Waals surface area contributed by atoms with Crippen LogP contribution in [0.25, 0.3) is 0 Å². The molecule has 1 atom stereocenters. The third-order valence-corrected chi connectivity index (χ3v) is 3.69. The third-order valence-electron chi connectivity index (χ3n) is 2.23. The summed E-state index contributed by atoms with van der Waals surface area (Å²) in [7, 11) is 0. The Morgan fingerprint density at radius 1 is 1.00 bits per heavy atom. The number of aliphatic hydroxyl groups is 3. The number of unbranched alkanes of at least 4 members (excludes halogenated alkanes) is 5. The average Bonchev–Trinajstić information content (AvgIpc) is 2.09. The SMILES string of the molecule is CCCCCCCCC(I)C(O)(O)O. The first-order valence-electron chi connectivity index (χ1n) is 5.29. The number of halogens is 1. The first-order chi connectivity index (χ1) is 6.48. The van der Waals surface area contributed by atoms with E-state index in [1.807, 2.05) is 22.6 Å². The van der Waals surface area contributed by atoms with Crippen molar-refractivity contribution in [3.8, 4) is 0 Å². The fourth-order valence-electron chi connectivity index (χ4n) is 1.30. The molecular formula is C10H21IO3. The molecule has 0 aromatic carbocycles. The molecule has 0 bridgehead atoms. The predicted octanol–water partition coefficient (Wildman–Crippen LogP) is 2.17. The van der Waals surface area contributed by atoms with Gasteiger partial charge in [0.2, 0.25) is 0 Å². The van der Waals surface area contributed by atoms with E-state index in [4.69, 9.17) is 15.3 Å². The third kappa shape index (κ3) is 7.96. The molecule has 0 rings (SSSR count). The molecule has 0 saturated carbocycles. The van der Waals surface area contributed by atoms with Gasteiger partial charge in [0, 0.05) is 0 Å². The summed E-state index contributed by atoms with van der Waals surface area (Å²) in [5.41, 5.74) is 0. The molecular weight excluding hydrogens is 295 g/mol. The van der Waals surface area contributed by atoms with Crippen LogP contribution in [-0.2, 0) is 0 Å². The molecule has 4 heteroatoms. The quantitative estimate of drug-likeness (QED) is 0.278. The molecule has 0 spiro atoms. The molecule has 0 aliphatic heterocycles. The highest BCUT2D eigenvalue weighted by Crippen LogP contribution is 2.20. The van der Waals surface area contributed by atoms with Crippen LogP contribution in [0.5, 0.6) is 0 Å². The van der Waals surface area contributed by atoms with Crippen LogP contribution in [0, 0.1) is 0 Å². The van der Waals surface area contributed by atoms with E-state index >= 15 is 0 Å². The summed E-state index contributed by atoms with van der Waals surface area (Å²) in [5.74, 6) is -2.51. The van der Waals surface area contributed by atoms with Crippen LogP contribution in [0.4, 0.5) is 0 Å². The molecule has 3 nitrogen and oxygen atoms in total. The van der Waals surface area contributed by atoms with Gasteiger partial charge >= 0.3 is 0 Å². The Hall–Kier alpha value is 0.610. The predicted molar refractivity (Wildman–Crippen MR) is 65.2 cm³/mol. The van der Waals surface area contributed by atoms with E-state index in [9.17, 15) is 0 Å². The summed E-state index contributed by atoms with van der Waals surface area (Å²) in [6, 6.07) is 0. The van der Waals surface area contributed by atoms with Crippen molar-refractivity contribution in [3.63, 3.8) is 0 Å². The second-order valence-corrected chi connectivity index (χ2v) is 5.21. The minimum Gasteiger partial charge on any atom is -0.343 e. The summed E-state index contributed by atoms with van der Waals surface area (Å²) >= 11 is 1.87. The van der Waals surface area contributed by atoms with E-state index in [2.05, 4.69) is 6.92 Å². The second kappa shape index (κ2) is 7.84. The van der Waals surface area contributed by atoms with Crippen LogP contribution in [0.3, 0.4) is 0 Å². The van der Waals surface area contributed by atoms with Gasteiger partial charge in [0.15, 0.2) is 0 Å². The number of alkyl halides is 1. The van der Waals surface area contributed by atoms with Crippen LogP contribution in [0.15, 0.2) is 0 Å². The van der Waals surface area contributed by atoms with Crippen LogP contribution >= 0.6 is 22.6 Å². The van der Waals surface area contributed by atoms with Gasteiger partial charge in [-0.1, -0.05) is 68.0 Å². The zero-order chi connectivity index (χ0) is 11.0. The Labute approximate surface area is 99.7 Å². The molecule has 0 saturated heterocycles. The molecule has 0 amide bonds. The van der Waals surface area contributed by atoms with E-state index < -0.39 is 9.90 Å². The maximum Gasteiger partial charge on any atom is 0.287 e. The molecule has 3 N–H and O–H groups in total. The number of hydrogen-bond acceptors (Lipinski definition) is 3. The second-order valence-electron chi connectivity index (χ2n) is 3.71. The molecule has 0 aromatic rings. The highest BCUT2D eigenvalue weighted by Gasteiger charge is 2.28. The smallest absolute Gasteiger partial charge is 0.287 e. The van der Waals surface area contributed by atoms with Crippen molar-refractivity contribution in [2.45, 2.75) is 61.8 Å². The molecule has 0 aromatic heterocycles. The van der Waals surface area contributed by atoms with Crippen molar-refractivity contribution < 1.29 is 15.3 Å². The van der Waals surface area contributed by atoms with Gasteiger partial charge in [-0.2, -0.15) is 0 Å². The summed E-state index contributed by atoms with van der Waals surface area (Å²) in [6.45, 7) is 2.18. The normalized spacial score (nSPS) is 14.4. The lowest BCUT2D eigenvalue weighted by Crippen LogP contribution is -2.37. The lowest BCUT2D eigenvalue weighted by molar-refractivity contribution is -0.307. The van der Waals surface area contributed by atoms with Gasteiger partial charge in [-0.15, -0.1) is 0 Å². The Morgan fingerprint density at radius 3 is 2.00 bits per heavy atom. The maximum absolute atomic E-state index is 8.83. The van der Waals surface area contributed by atoms with E-state index in [0.29, 0.717) is 6.42 Å². The van der Waals surface area contributed by atoms with E-state index in [1.165, 1.54) is 25.7 Å². The minimum absolute atomic E-state index is 0.494. The van der Waals surface area contributed by atoms with Gasteiger partial charge in [-0.3, -0.25) is 0 Å². The molecule has 0 radical (unpaired) electrons. The topological polar surface area (TPSA) is 60.7 Å². The molecule has 0 aliphatic carbocycles. The fraction of sp³-hybridized carbons (Fsp3) is 1.00. The molecule has 0 aliphatic rings. The van der Waals surface area contributed by atoms with Crippen LogP contribution in [-0.4, -0.2) is 25.2 Å². The van der Waals surface area contributed by atoms with Crippen molar-refractivity contribution >= 4 is 22.6 Å². The number of rotatable bonds is 8. The average molecular weight is 316 g/mol. The first kappa shape index (κ1) is 14.6. The Morgan fingerprint density at radius 2 is 1.50 bits per heavy atom. The summed E-state index contributed by atoms with van der Waals surface area (Å²) in [5, 5.41) is 26.5.